The molecule has 0 saturated carbocycles. The van der Waals surface area contributed by atoms with Crippen molar-refractivity contribution >= 4 is 22.9 Å². The predicted molar refractivity (Wildman–Crippen MR) is 126 cm³/mol. The van der Waals surface area contributed by atoms with Crippen molar-refractivity contribution in [2.45, 2.75) is 44.4 Å². The summed E-state index contributed by atoms with van der Waals surface area (Å²) in [4.78, 5) is 29.9. The summed E-state index contributed by atoms with van der Waals surface area (Å²) in [6.07, 6.45) is 1.65. The van der Waals surface area contributed by atoms with Crippen LogP contribution in [0.5, 0.6) is 0 Å². The average molecular weight is 499 g/mol. The molecular formula is C24H25F3N8O. The molecular weight excluding hydrogens is 473 g/mol. The molecule has 188 valence electrons. The van der Waals surface area contributed by atoms with E-state index in [-0.39, 0.29) is 52.1 Å². The summed E-state index contributed by atoms with van der Waals surface area (Å²) in [6.45, 7) is 4.29. The first-order valence-corrected chi connectivity index (χ1v) is 11.8. The van der Waals surface area contributed by atoms with Crippen molar-refractivity contribution in [3.8, 4) is 17.3 Å². The maximum atomic E-state index is 13.3. The Morgan fingerprint density at radius 1 is 1.25 bits per heavy atom. The van der Waals surface area contributed by atoms with E-state index in [0.29, 0.717) is 18.7 Å². The van der Waals surface area contributed by atoms with Gasteiger partial charge in [-0.1, -0.05) is 0 Å². The minimum absolute atomic E-state index is 0.00802. The number of likely N-dealkylation sites (tertiary alicyclic amines) is 1. The molecule has 0 bridgehead atoms. The van der Waals surface area contributed by atoms with Gasteiger partial charge in [0.2, 0.25) is 11.9 Å². The van der Waals surface area contributed by atoms with Crippen LogP contribution in [0.15, 0.2) is 24.7 Å². The summed E-state index contributed by atoms with van der Waals surface area (Å²) in [5, 5.41) is 16.2. The zero-order valence-corrected chi connectivity index (χ0v) is 19.6. The summed E-state index contributed by atoms with van der Waals surface area (Å²) in [5.41, 5.74) is 0.0932. The molecule has 0 spiro atoms. The lowest BCUT2D eigenvalue weighted by molar-refractivity contribution is -0.138. The summed E-state index contributed by atoms with van der Waals surface area (Å²) in [7, 11) is 0. The Labute approximate surface area is 205 Å². The number of nitrogens with zero attached hydrogens (tertiary/aromatic N) is 5. The Kier molecular flexibility index (Phi) is 6.26. The molecule has 0 radical (unpaired) electrons. The standard InChI is InChI=1S/C24H25F3N8O/c1-13(14-3-6-35(7-4-14)22(36)19-2-5-29-19)33-23-32-10-15(9-28)20(34-23)18-12-31-21-17(18)8-16(11-30-21)24(25,26)27/h8,10-14,19,29H,2-7H2,1H3,(H,30,31)(H,32,33,34)/t13-,19-/m1/s1. The van der Waals surface area contributed by atoms with Gasteiger partial charge in [-0.05, 0) is 44.7 Å². The molecule has 2 aliphatic rings. The van der Waals surface area contributed by atoms with E-state index in [1.165, 1.54) is 12.4 Å². The number of nitriles is 1. The average Bonchev–Trinajstić information content (AvgIpc) is 3.25. The molecule has 2 atom stereocenters. The van der Waals surface area contributed by atoms with Gasteiger partial charge in [0.15, 0.2) is 0 Å². The second-order valence-corrected chi connectivity index (χ2v) is 9.28. The number of carbonyl (C=O) groups excluding carboxylic acids is 1. The molecule has 0 aliphatic carbocycles. The molecule has 2 fully saturated rings. The van der Waals surface area contributed by atoms with Crippen molar-refractivity contribution in [1.29, 1.82) is 5.26 Å². The smallest absolute Gasteiger partial charge is 0.351 e. The number of aromatic nitrogens is 4. The fourth-order valence-electron chi connectivity index (χ4n) is 4.75. The quantitative estimate of drug-likeness (QED) is 0.493. The second-order valence-electron chi connectivity index (χ2n) is 9.28. The SMILES string of the molecule is C[C@@H](Nc1ncc(C#N)c(-c2c[nH]c3ncc(C(F)(F)F)cc23)n1)C1CCN(C(=O)[C@H]2CCN2)CC1. The monoisotopic (exact) mass is 498 g/mol. The van der Waals surface area contributed by atoms with Crippen LogP contribution in [0.3, 0.4) is 0 Å². The Hall–Kier alpha value is -3.72. The maximum Gasteiger partial charge on any atom is 0.417 e. The number of pyridine rings is 1. The first-order chi connectivity index (χ1) is 17.2. The number of rotatable bonds is 5. The van der Waals surface area contributed by atoms with Crippen molar-refractivity contribution in [3.63, 3.8) is 0 Å². The Morgan fingerprint density at radius 2 is 2.00 bits per heavy atom. The number of nitrogens with one attached hydrogen (secondary N) is 3. The zero-order valence-electron chi connectivity index (χ0n) is 19.6. The first-order valence-electron chi connectivity index (χ1n) is 11.8. The molecule has 1 amide bonds. The lowest BCUT2D eigenvalue weighted by atomic mass is 9.89. The van der Waals surface area contributed by atoms with Gasteiger partial charge in [0.1, 0.15) is 11.7 Å². The van der Waals surface area contributed by atoms with Crippen LogP contribution in [0.1, 0.15) is 37.3 Å². The molecule has 12 heteroatoms. The Morgan fingerprint density at radius 3 is 2.64 bits per heavy atom. The molecule has 3 N–H and O–H groups in total. The Balaban J connectivity index is 1.34. The number of piperidine rings is 1. The van der Waals surface area contributed by atoms with Crippen LogP contribution in [0, 0.1) is 17.2 Å². The number of amides is 1. The van der Waals surface area contributed by atoms with Crippen molar-refractivity contribution in [2.75, 3.05) is 25.0 Å². The zero-order chi connectivity index (χ0) is 25.4. The van der Waals surface area contributed by atoms with Crippen LogP contribution >= 0.6 is 0 Å². The molecule has 3 aromatic rings. The van der Waals surface area contributed by atoms with Crippen molar-refractivity contribution < 1.29 is 18.0 Å². The number of hydrogen-bond acceptors (Lipinski definition) is 7. The van der Waals surface area contributed by atoms with E-state index in [1.54, 1.807) is 0 Å². The van der Waals surface area contributed by atoms with Gasteiger partial charge in [-0.3, -0.25) is 4.79 Å². The largest absolute Gasteiger partial charge is 0.417 e. The molecule has 36 heavy (non-hydrogen) atoms. The highest BCUT2D eigenvalue weighted by Gasteiger charge is 2.33. The third-order valence-corrected chi connectivity index (χ3v) is 7.06. The topological polar surface area (TPSA) is 123 Å². The Bertz CT molecular complexity index is 1320. The highest BCUT2D eigenvalue weighted by Crippen LogP contribution is 2.35. The van der Waals surface area contributed by atoms with E-state index in [1.807, 2.05) is 17.9 Å². The molecule has 2 saturated heterocycles. The number of anilines is 1. The van der Waals surface area contributed by atoms with E-state index in [4.69, 9.17) is 0 Å². The highest BCUT2D eigenvalue weighted by atomic mass is 19.4. The van der Waals surface area contributed by atoms with Gasteiger partial charge in [-0.15, -0.1) is 0 Å². The van der Waals surface area contributed by atoms with Crippen LogP contribution in [-0.4, -0.2) is 62.5 Å². The van der Waals surface area contributed by atoms with E-state index >= 15 is 0 Å². The van der Waals surface area contributed by atoms with Crippen LogP contribution in [-0.2, 0) is 11.0 Å². The van der Waals surface area contributed by atoms with E-state index in [0.717, 1.165) is 38.1 Å². The van der Waals surface area contributed by atoms with Crippen LogP contribution in [0.2, 0.25) is 0 Å². The number of halogens is 3. The van der Waals surface area contributed by atoms with Crippen LogP contribution in [0.4, 0.5) is 19.1 Å². The lowest BCUT2D eigenvalue weighted by Gasteiger charge is -2.38. The molecule has 0 aromatic carbocycles. The van der Waals surface area contributed by atoms with Gasteiger partial charge in [0, 0.05) is 42.5 Å². The molecule has 9 nitrogen and oxygen atoms in total. The van der Waals surface area contributed by atoms with Gasteiger partial charge in [0.25, 0.3) is 0 Å². The number of hydrogen-bond donors (Lipinski definition) is 3. The van der Waals surface area contributed by atoms with Crippen LogP contribution in [0.25, 0.3) is 22.3 Å². The van der Waals surface area contributed by atoms with Crippen molar-refractivity contribution in [3.05, 3.63) is 35.8 Å². The number of H-pyrrole nitrogens is 1. The second kappa shape index (κ2) is 9.39. The van der Waals surface area contributed by atoms with Gasteiger partial charge in [0.05, 0.1) is 29.1 Å². The van der Waals surface area contributed by atoms with Gasteiger partial charge in [-0.25, -0.2) is 15.0 Å². The normalized spacial score (nSPS) is 19.5. The van der Waals surface area contributed by atoms with Crippen molar-refractivity contribution in [2.24, 2.45) is 5.92 Å². The molecule has 2 aliphatic heterocycles. The summed E-state index contributed by atoms with van der Waals surface area (Å²) < 4.78 is 39.8. The number of alkyl halides is 3. The summed E-state index contributed by atoms with van der Waals surface area (Å²) in [6, 6.07) is 2.97. The van der Waals surface area contributed by atoms with Gasteiger partial charge < -0.3 is 20.5 Å². The number of fused-ring (bicyclic) bond motifs is 1. The van der Waals surface area contributed by atoms with E-state index < -0.39 is 11.7 Å². The molecule has 5 heterocycles. The predicted octanol–water partition coefficient (Wildman–Crippen LogP) is 3.31. The minimum atomic E-state index is -4.55. The third kappa shape index (κ3) is 4.58. The lowest BCUT2D eigenvalue weighted by Crippen LogP contribution is -2.56. The van der Waals surface area contributed by atoms with Gasteiger partial charge in [-0.2, -0.15) is 18.4 Å². The number of aromatic amines is 1. The fourth-order valence-corrected chi connectivity index (χ4v) is 4.75. The number of carbonyl (C=O) groups is 1. The molecule has 0 unspecified atom stereocenters. The minimum Gasteiger partial charge on any atom is -0.351 e. The molecule has 5 rings (SSSR count). The molecule has 3 aromatic heterocycles. The highest BCUT2D eigenvalue weighted by molar-refractivity contribution is 5.94. The first kappa shape index (κ1) is 24.0. The van der Waals surface area contributed by atoms with E-state index in [9.17, 15) is 23.2 Å². The summed E-state index contributed by atoms with van der Waals surface area (Å²) >= 11 is 0. The van der Waals surface area contributed by atoms with Crippen LogP contribution < -0.4 is 10.6 Å². The summed E-state index contributed by atoms with van der Waals surface area (Å²) in [5.74, 6) is 0.739. The van der Waals surface area contributed by atoms with E-state index in [2.05, 4.69) is 30.6 Å². The van der Waals surface area contributed by atoms with Gasteiger partial charge >= 0.3 is 6.18 Å². The maximum absolute atomic E-state index is 13.3. The third-order valence-electron chi connectivity index (χ3n) is 7.06. The van der Waals surface area contributed by atoms with Crippen molar-refractivity contribution in [1.82, 2.24) is 30.2 Å². The fraction of sp³-hybridized carbons (Fsp3) is 0.458.